The molecule has 1 atom stereocenters. The molecule has 1 aromatic carbocycles. The molecule has 1 heterocycles. The molecule has 0 radical (unpaired) electrons. The molecule has 1 fully saturated rings. The van der Waals surface area contributed by atoms with Gasteiger partial charge in [0.15, 0.2) is 5.96 Å². The number of ether oxygens (including phenoxy) is 1. The predicted octanol–water partition coefficient (Wildman–Crippen LogP) is 3.45. The summed E-state index contributed by atoms with van der Waals surface area (Å²) in [5.74, 6) is 1.52. The number of guanidine groups is 1. The van der Waals surface area contributed by atoms with Crippen LogP contribution in [-0.4, -0.2) is 67.7 Å². The molecule has 31 heavy (non-hydrogen) atoms. The molecule has 1 unspecified atom stereocenters. The van der Waals surface area contributed by atoms with Gasteiger partial charge in [0.25, 0.3) is 0 Å². The van der Waals surface area contributed by atoms with Crippen LogP contribution in [0.1, 0.15) is 51.7 Å². The van der Waals surface area contributed by atoms with Crippen molar-refractivity contribution >= 4 is 12.1 Å². The lowest BCUT2D eigenvalue weighted by molar-refractivity contribution is 0.0285. The molecule has 1 saturated heterocycles. The monoisotopic (exact) mass is 431 g/mol. The summed E-state index contributed by atoms with van der Waals surface area (Å²) in [7, 11) is 3.56. The minimum atomic E-state index is -0.486. The topological polar surface area (TPSA) is 69.2 Å². The molecule has 7 nitrogen and oxygen atoms in total. The second-order valence-corrected chi connectivity index (χ2v) is 9.41. The van der Waals surface area contributed by atoms with Crippen molar-refractivity contribution < 1.29 is 9.53 Å². The molecule has 2 rings (SSSR count). The second-order valence-electron chi connectivity index (χ2n) is 9.41. The van der Waals surface area contributed by atoms with Gasteiger partial charge in [0.2, 0.25) is 0 Å². The summed E-state index contributed by atoms with van der Waals surface area (Å²) < 4.78 is 5.40. The van der Waals surface area contributed by atoms with Crippen LogP contribution in [0.3, 0.4) is 0 Å². The second kappa shape index (κ2) is 11.9. The smallest absolute Gasteiger partial charge is 0.410 e. The highest BCUT2D eigenvalue weighted by molar-refractivity contribution is 5.79. The largest absolute Gasteiger partial charge is 0.444 e. The van der Waals surface area contributed by atoms with E-state index in [4.69, 9.17) is 4.74 Å². The van der Waals surface area contributed by atoms with Crippen LogP contribution in [-0.2, 0) is 17.8 Å². The van der Waals surface area contributed by atoms with Crippen molar-refractivity contribution in [3.05, 3.63) is 35.4 Å². The quantitative estimate of drug-likeness (QED) is 0.487. The molecule has 0 spiro atoms. The van der Waals surface area contributed by atoms with Gasteiger partial charge < -0.3 is 25.2 Å². The number of carbonyl (C=O) groups is 1. The summed E-state index contributed by atoms with van der Waals surface area (Å²) in [5, 5.41) is 6.86. The zero-order chi connectivity index (χ0) is 22.9. The third-order valence-corrected chi connectivity index (χ3v) is 5.30. The Morgan fingerprint density at radius 1 is 1.23 bits per heavy atom. The van der Waals surface area contributed by atoms with Gasteiger partial charge in [0.05, 0.1) is 0 Å². The highest BCUT2D eigenvalue weighted by atomic mass is 16.6. The molecule has 1 aromatic rings. The van der Waals surface area contributed by atoms with Crippen molar-refractivity contribution in [1.29, 1.82) is 0 Å². The number of rotatable bonds is 8. The van der Waals surface area contributed by atoms with Crippen LogP contribution >= 0.6 is 0 Å². The van der Waals surface area contributed by atoms with Gasteiger partial charge in [0.1, 0.15) is 5.60 Å². The molecule has 1 aliphatic rings. The maximum Gasteiger partial charge on any atom is 0.410 e. The van der Waals surface area contributed by atoms with Gasteiger partial charge in [-0.2, -0.15) is 0 Å². The Morgan fingerprint density at radius 3 is 2.52 bits per heavy atom. The Hall–Kier alpha value is -2.28. The first-order valence-electron chi connectivity index (χ1n) is 11.4. The van der Waals surface area contributed by atoms with Gasteiger partial charge in [-0.15, -0.1) is 0 Å². The third-order valence-electron chi connectivity index (χ3n) is 5.30. The van der Waals surface area contributed by atoms with Gasteiger partial charge in [-0.25, -0.2) is 4.79 Å². The maximum atomic E-state index is 12.1. The minimum Gasteiger partial charge on any atom is -0.444 e. The lowest BCUT2D eigenvalue weighted by Crippen LogP contribution is -2.40. The van der Waals surface area contributed by atoms with E-state index in [1.54, 1.807) is 11.9 Å². The van der Waals surface area contributed by atoms with E-state index in [1.807, 2.05) is 27.8 Å². The standard InChI is InChI=1S/C24H41N5O2/c1-7-13-29-14-12-21(18-29)16-27-22(25-5)26-15-19-8-10-20(11-9-19)17-28(6)23(30)31-24(2,3)4/h8-11,21H,7,12-18H2,1-6H3,(H2,25,26,27). The Morgan fingerprint density at radius 2 is 1.90 bits per heavy atom. The average Bonchev–Trinajstić information content (AvgIpc) is 3.15. The molecule has 7 heteroatoms. The van der Waals surface area contributed by atoms with Crippen LogP contribution < -0.4 is 10.6 Å². The molecule has 1 aliphatic heterocycles. The van der Waals surface area contributed by atoms with Crippen LogP contribution in [0.4, 0.5) is 4.79 Å². The fraction of sp³-hybridized carbons (Fsp3) is 0.667. The first-order chi connectivity index (χ1) is 14.7. The molecule has 0 aliphatic carbocycles. The molecule has 174 valence electrons. The van der Waals surface area contributed by atoms with Gasteiger partial charge >= 0.3 is 6.09 Å². The molecule has 0 saturated carbocycles. The fourth-order valence-corrected chi connectivity index (χ4v) is 3.69. The van der Waals surface area contributed by atoms with E-state index in [0.29, 0.717) is 19.0 Å². The summed E-state index contributed by atoms with van der Waals surface area (Å²) >= 11 is 0. The van der Waals surface area contributed by atoms with Crippen molar-refractivity contribution in [3.63, 3.8) is 0 Å². The lowest BCUT2D eigenvalue weighted by atomic mass is 10.1. The van der Waals surface area contributed by atoms with Crippen LogP contribution in [0.5, 0.6) is 0 Å². The SMILES string of the molecule is CCCN1CCC(CNC(=NC)NCc2ccc(CN(C)C(=O)OC(C)(C)C)cc2)C1. The van der Waals surface area contributed by atoms with Gasteiger partial charge in [-0.05, 0) is 63.7 Å². The first-order valence-corrected chi connectivity index (χ1v) is 11.4. The van der Waals surface area contributed by atoms with Crippen molar-refractivity contribution in [3.8, 4) is 0 Å². The Bertz CT molecular complexity index is 712. The molecular weight excluding hydrogens is 390 g/mol. The van der Waals surface area contributed by atoms with E-state index in [9.17, 15) is 4.79 Å². The molecule has 1 amide bonds. The van der Waals surface area contributed by atoms with E-state index >= 15 is 0 Å². The van der Waals surface area contributed by atoms with Gasteiger partial charge in [0, 0.05) is 40.3 Å². The zero-order valence-electron chi connectivity index (χ0n) is 20.2. The molecule has 2 N–H and O–H groups in total. The number of hydrogen-bond acceptors (Lipinski definition) is 4. The van der Waals surface area contributed by atoms with Crippen molar-refractivity contribution in [2.24, 2.45) is 10.9 Å². The Kier molecular flexibility index (Phi) is 9.62. The van der Waals surface area contributed by atoms with E-state index < -0.39 is 5.60 Å². The first kappa shape index (κ1) is 25.0. The number of carbonyl (C=O) groups excluding carboxylic acids is 1. The minimum absolute atomic E-state index is 0.312. The number of likely N-dealkylation sites (tertiary alicyclic amines) is 1. The maximum absolute atomic E-state index is 12.1. The lowest BCUT2D eigenvalue weighted by Gasteiger charge is -2.24. The number of hydrogen-bond donors (Lipinski definition) is 2. The Balaban J connectivity index is 1.74. The summed E-state index contributed by atoms with van der Waals surface area (Å²) in [5.41, 5.74) is 1.75. The predicted molar refractivity (Wildman–Crippen MR) is 127 cm³/mol. The summed E-state index contributed by atoms with van der Waals surface area (Å²) in [6, 6.07) is 8.26. The number of nitrogens with zero attached hydrogens (tertiary/aromatic N) is 3. The van der Waals surface area contributed by atoms with Gasteiger partial charge in [-0.1, -0.05) is 31.2 Å². The van der Waals surface area contributed by atoms with E-state index in [1.165, 1.54) is 38.0 Å². The highest BCUT2D eigenvalue weighted by Crippen LogP contribution is 2.15. The van der Waals surface area contributed by atoms with Crippen molar-refractivity contribution in [2.75, 3.05) is 40.3 Å². The molecule has 0 bridgehead atoms. The van der Waals surface area contributed by atoms with Crippen LogP contribution in [0.15, 0.2) is 29.3 Å². The highest BCUT2D eigenvalue weighted by Gasteiger charge is 2.22. The summed E-state index contributed by atoms with van der Waals surface area (Å²) in [4.78, 5) is 20.6. The number of benzene rings is 1. The Labute approximate surface area is 188 Å². The van der Waals surface area contributed by atoms with E-state index in [2.05, 4.69) is 51.7 Å². The van der Waals surface area contributed by atoms with E-state index in [0.717, 1.165) is 18.1 Å². The van der Waals surface area contributed by atoms with Crippen LogP contribution in [0.25, 0.3) is 0 Å². The summed E-state index contributed by atoms with van der Waals surface area (Å²) in [6.07, 6.45) is 2.16. The normalized spacial score (nSPS) is 17.5. The van der Waals surface area contributed by atoms with Crippen molar-refractivity contribution in [1.82, 2.24) is 20.4 Å². The molecule has 0 aromatic heterocycles. The average molecular weight is 432 g/mol. The fourth-order valence-electron chi connectivity index (χ4n) is 3.69. The van der Waals surface area contributed by atoms with Crippen LogP contribution in [0.2, 0.25) is 0 Å². The van der Waals surface area contributed by atoms with Crippen molar-refractivity contribution in [2.45, 2.75) is 59.2 Å². The number of amides is 1. The van der Waals surface area contributed by atoms with Gasteiger partial charge in [-0.3, -0.25) is 4.99 Å². The van der Waals surface area contributed by atoms with Crippen LogP contribution in [0, 0.1) is 5.92 Å². The number of aliphatic imine (C=N–C) groups is 1. The summed E-state index contributed by atoms with van der Waals surface area (Å²) in [6.45, 7) is 13.6. The van der Waals surface area contributed by atoms with E-state index in [-0.39, 0.29) is 6.09 Å². The zero-order valence-corrected chi connectivity index (χ0v) is 20.2. The molecular formula is C24H41N5O2. The number of nitrogens with one attached hydrogen (secondary N) is 2. The third kappa shape index (κ3) is 9.17.